The molecule has 0 aromatic heterocycles. The highest BCUT2D eigenvalue weighted by Gasteiger charge is 2.34. The monoisotopic (exact) mass is 391 g/mol. The van der Waals surface area contributed by atoms with Gasteiger partial charge in [-0.25, -0.2) is 4.39 Å². The molecule has 6 nitrogen and oxygen atoms in total. The Morgan fingerprint density at radius 3 is 2.52 bits per heavy atom. The zero-order valence-electron chi connectivity index (χ0n) is 15.1. The number of carbonyl (C=O) groups excluding carboxylic acids is 1. The Kier molecular flexibility index (Phi) is 5.88. The molecule has 0 bridgehead atoms. The molecular weight excluding hydrogens is 369 g/mol. The molecule has 0 spiro atoms. The van der Waals surface area contributed by atoms with Crippen LogP contribution in [0.15, 0.2) is 48.5 Å². The van der Waals surface area contributed by atoms with Gasteiger partial charge in [0, 0.05) is 25.3 Å². The van der Waals surface area contributed by atoms with E-state index >= 15 is 0 Å². The number of halogens is 1. The smallest absolute Gasteiger partial charge is 0.282 e. The molecule has 1 saturated heterocycles. The third kappa shape index (κ3) is 4.91. The van der Waals surface area contributed by atoms with E-state index < -0.39 is 21.9 Å². The van der Waals surface area contributed by atoms with Gasteiger partial charge in [0.2, 0.25) is 5.91 Å². The maximum atomic E-state index is 13.2. The van der Waals surface area contributed by atoms with Crippen molar-refractivity contribution in [3.8, 4) is 0 Å². The topological polar surface area (TPSA) is 69.7 Å². The number of amides is 1. The fraction of sp³-hybridized carbons (Fsp3) is 0.316. The summed E-state index contributed by atoms with van der Waals surface area (Å²) in [6, 6.07) is 13.2. The van der Waals surface area contributed by atoms with E-state index in [-0.39, 0.29) is 19.6 Å². The summed E-state index contributed by atoms with van der Waals surface area (Å²) in [6.07, 6.45) is 0.637. The van der Waals surface area contributed by atoms with Crippen LogP contribution in [0.4, 0.5) is 10.1 Å². The maximum Gasteiger partial charge on any atom is 0.282 e. The van der Waals surface area contributed by atoms with Gasteiger partial charge in [0.25, 0.3) is 10.2 Å². The number of rotatable bonds is 5. The number of nitrogens with one attached hydrogen (secondary N) is 1. The van der Waals surface area contributed by atoms with Gasteiger partial charge in [0.05, 0.1) is 6.54 Å². The molecule has 3 rings (SSSR count). The first-order valence-corrected chi connectivity index (χ1v) is 10.1. The van der Waals surface area contributed by atoms with Gasteiger partial charge in [-0.1, -0.05) is 35.9 Å². The minimum Gasteiger partial charge on any atom is -0.325 e. The van der Waals surface area contributed by atoms with Crippen molar-refractivity contribution in [2.75, 3.05) is 25.0 Å². The summed E-state index contributed by atoms with van der Waals surface area (Å²) < 4.78 is 41.4. The second-order valence-electron chi connectivity index (χ2n) is 6.57. The Labute approximate surface area is 158 Å². The van der Waals surface area contributed by atoms with Gasteiger partial charge in [-0.05, 0) is 37.1 Å². The number of hydrogen-bond donors (Lipinski definition) is 1. The predicted octanol–water partition coefficient (Wildman–Crippen LogP) is 2.53. The molecule has 0 unspecified atom stereocenters. The molecule has 0 atom stereocenters. The fourth-order valence-corrected chi connectivity index (χ4v) is 4.60. The van der Waals surface area contributed by atoms with Crippen molar-refractivity contribution in [2.45, 2.75) is 19.9 Å². The third-order valence-corrected chi connectivity index (χ3v) is 6.30. The van der Waals surface area contributed by atoms with E-state index in [1.54, 1.807) is 6.07 Å². The summed E-state index contributed by atoms with van der Waals surface area (Å²) in [5.41, 5.74) is 2.30. The molecule has 0 saturated carbocycles. The number of aryl methyl sites for hydroxylation is 1. The lowest BCUT2D eigenvalue weighted by Gasteiger charge is -2.34. The number of benzene rings is 2. The van der Waals surface area contributed by atoms with E-state index in [1.807, 2.05) is 31.2 Å². The molecule has 0 aliphatic carbocycles. The van der Waals surface area contributed by atoms with Gasteiger partial charge in [-0.3, -0.25) is 4.79 Å². The van der Waals surface area contributed by atoms with Crippen LogP contribution < -0.4 is 5.32 Å². The quantitative estimate of drug-likeness (QED) is 0.852. The van der Waals surface area contributed by atoms with Gasteiger partial charge < -0.3 is 5.32 Å². The van der Waals surface area contributed by atoms with Crippen LogP contribution in [-0.2, 0) is 21.5 Å². The maximum absolute atomic E-state index is 13.2. The first-order valence-electron chi connectivity index (χ1n) is 8.71. The summed E-state index contributed by atoms with van der Waals surface area (Å²) in [5.74, 6) is -0.968. The summed E-state index contributed by atoms with van der Waals surface area (Å²) in [6.45, 7) is 2.63. The lowest BCUT2D eigenvalue weighted by molar-refractivity contribution is -0.116. The summed E-state index contributed by atoms with van der Waals surface area (Å²) in [4.78, 5) is 12.2. The van der Waals surface area contributed by atoms with Crippen molar-refractivity contribution in [3.63, 3.8) is 0 Å². The molecule has 1 heterocycles. The number of anilines is 1. The Morgan fingerprint density at radius 2 is 1.81 bits per heavy atom. The van der Waals surface area contributed by atoms with Crippen molar-refractivity contribution in [3.05, 3.63) is 65.5 Å². The predicted molar refractivity (Wildman–Crippen MR) is 102 cm³/mol. The van der Waals surface area contributed by atoms with Gasteiger partial charge in [0.1, 0.15) is 5.82 Å². The zero-order valence-corrected chi connectivity index (χ0v) is 15.9. The number of carbonyl (C=O) groups is 1. The zero-order chi connectivity index (χ0) is 19.4. The number of nitrogens with zero attached hydrogens (tertiary/aromatic N) is 2. The van der Waals surface area contributed by atoms with Crippen LogP contribution in [-0.4, -0.2) is 42.6 Å². The second-order valence-corrected chi connectivity index (χ2v) is 8.50. The van der Waals surface area contributed by atoms with Crippen LogP contribution in [0, 0.1) is 12.7 Å². The summed E-state index contributed by atoms with van der Waals surface area (Å²) in [7, 11) is -3.74. The normalized spacial score (nSPS) is 17.6. The van der Waals surface area contributed by atoms with Crippen LogP contribution in [0.3, 0.4) is 0 Å². The SMILES string of the molecule is Cc1ccc(CN2CCCN(CC(=O)Nc3cccc(F)c3)S2(=O)=O)cc1. The van der Waals surface area contributed by atoms with Gasteiger partial charge in [0.15, 0.2) is 0 Å². The van der Waals surface area contributed by atoms with E-state index in [2.05, 4.69) is 5.32 Å². The highest BCUT2D eigenvalue weighted by molar-refractivity contribution is 7.86. The van der Waals surface area contributed by atoms with E-state index in [0.29, 0.717) is 18.7 Å². The van der Waals surface area contributed by atoms with Crippen LogP contribution >= 0.6 is 0 Å². The molecule has 1 amide bonds. The van der Waals surface area contributed by atoms with Gasteiger partial charge in [-0.2, -0.15) is 17.0 Å². The lowest BCUT2D eigenvalue weighted by Crippen LogP contribution is -2.51. The average Bonchev–Trinajstić information content (AvgIpc) is 2.60. The molecule has 1 fully saturated rings. The summed E-state index contributed by atoms with van der Waals surface area (Å²) >= 11 is 0. The minimum absolute atomic E-state index is 0.268. The first kappa shape index (κ1) is 19.5. The van der Waals surface area contributed by atoms with E-state index in [4.69, 9.17) is 0 Å². The third-order valence-electron chi connectivity index (χ3n) is 4.38. The van der Waals surface area contributed by atoms with Crippen LogP contribution in [0.5, 0.6) is 0 Å². The molecule has 1 aliphatic rings. The Balaban J connectivity index is 1.66. The van der Waals surface area contributed by atoms with Crippen molar-refractivity contribution < 1.29 is 17.6 Å². The fourth-order valence-electron chi connectivity index (χ4n) is 2.96. The van der Waals surface area contributed by atoms with Crippen molar-refractivity contribution in [1.29, 1.82) is 0 Å². The Hall–Kier alpha value is -2.29. The van der Waals surface area contributed by atoms with Crippen molar-refractivity contribution in [2.24, 2.45) is 0 Å². The van der Waals surface area contributed by atoms with Crippen LogP contribution in [0.2, 0.25) is 0 Å². The highest BCUT2D eigenvalue weighted by atomic mass is 32.2. The van der Waals surface area contributed by atoms with E-state index in [0.717, 1.165) is 11.1 Å². The van der Waals surface area contributed by atoms with E-state index in [9.17, 15) is 17.6 Å². The molecule has 2 aromatic carbocycles. The molecule has 0 radical (unpaired) electrons. The largest absolute Gasteiger partial charge is 0.325 e. The van der Waals surface area contributed by atoms with Crippen LogP contribution in [0.25, 0.3) is 0 Å². The number of hydrogen-bond acceptors (Lipinski definition) is 3. The van der Waals surface area contributed by atoms with E-state index in [1.165, 1.54) is 26.8 Å². The minimum atomic E-state index is -3.74. The first-order chi connectivity index (χ1) is 12.8. The molecule has 27 heavy (non-hydrogen) atoms. The second kappa shape index (κ2) is 8.16. The molecule has 144 valence electrons. The Morgan fingerprint density at radius 1 is 1.11 bits per heavy atom. The average molecular weight is 391 g/mol. The van der Waals surface area contributed by atoms with Crippen molar-refractivity contribution in [1.82, 2.24) is 8.61 Å². The lowest BCUT2D eigenvalue weighted by atomic mass is 10.1. The highest BCUT2D eigenvalue weighted by Crippen LogP contribution is 2.20. The molecule has 1 N–H and O–H groups in total. The summed E-state index contributed by atoms with van der Waals surface area (Å²) in [5, 5.41) is 2.54. The van der Waals surface area contributed by atoms with Gasteiger partial charge >= 0.3 is 0 Å². The molecule has 1 aliphatic heterocycles. The van der Waals surface area contributed by atoms with Crippen molar-refractivity contribution >= 4 is 21.8 Å². The van der Waals surface area contributed by atoms with Gasteiger partial charge in [-0.15, -0.1) is 0 Å². The standard InChI is InChI=1S/C19H22FN3O3S/c1-15-6-8-16(9-7-15)13-22-10-3-11-23(27(22,25)26)14-19(24)21-18-5-2-4-17(20)12-18/h2,4-9,12H,3,10-11,13-14H2,1H3,(H,21,24). The molecule has 2 aromatic rings. The van der Waals surface area contributed by atoms with Crippen LogP contribution in [0.1, 0.15) is 17.5 Å². The molecule has 8 heteroatoms. The Bertz CT molecular complexity index is 916. The molecular formula is C19H22FN3O3S.